The Kier molecular flexibility index (Phi) is 3.72. The van der Waals surface area contributed by atoms with Crippen LogP contribution in [0.25, 0.3) is 11.4 Å². The van der Waals surface area contributed by atoms with Crippen molar-refractivity contribution in [2.24, 2.45) is 0 Å². The number of nitrogens with zero attached hydrogens (tertiary/aromatic N) is 4. The van der Waals surface area contributed by atoms with Crippen molar-refractivity contribution in [3.63, 3.8) is 0 Å². The second-order valence-electron chi connectivity index (χ2n) is 5.84. The Hall–Kier alpha value is -2.01. The average molecular weight is 296 g/mol. The SMILES string of the molecule is c1cc(-c2nc3c(c(N4CCOCC4)n2)CCCC3)ccn1. The highest BCUT2D eigenvalue weighted by Crippen LogP contribution is 2.30. The van der Waals surface area contributed by atoms with E-state index in [-0.39, 0.29) is 0 Å². The Bertz CT molecular complexity index is 653. The molecule has 1 aliphatic heterocycles. The smallest absolute Gasteiger partial charge is 0.161 e. The molecule has 1 fully saturated rings. The van der Waals surface area contributed by atoms with Gasteiger partial charge in [-0.1, -0.05) is 0 Å². The number of morpholine rings is 1. The number of rotatable bonds is 2. The number of fused-ring (bicyclic) bond motifs is 1. The topological polar surface area (TPSA) is 51.1 Å². The van der Waals surface area contributed by atoms with Crippen LogP contribution in [0.2, 0.25) is 0 Å². The summed E-state index contributed by atoms with van der Waals surface area (Å²) in [5.41, 5.74) is 3.62. The predicted octanol–water partition coefficient (Wildman–Crippen LogP) is 2.25. The fourth-order valence-electron chi connectivity index (χ4n) is 3.24. The Morgan fingerprint density at radius 1 is 0.955 bits per heavy atom. The predicted molar refractivity (Wildman–Crippen MR) is 84.9 cm³/mol. The molecule has 1 aliphatic carbocycles. The highest BCUT2D eigenvalue weighted by atomic mass is 16.5. The number of hydrogen-bond donors (Lipinski definition) is 0. The molecule has 0 N–H and O–H groups in total. The number of aryl methyl sites for hydroxylation is 1. The number of pyridine rings is 1. The van der Waals surface area contributed by atoms with E-state index in [9.17, 15) is 0 Å². The maximum absolute atomic E-state index is 5.49. The molecule has 2 aliphatic rings. The van der Waals surface area contributed by atoms with Crippen molar-refractivity contribution in [3.05, 3.63) is 35.8 Å². The molecule has 0 aromatic carbocycles. The molecule has 2 aromatic heterocycles. The molecule has 0 atom stereocenters. The van der Waals surface area contributed by atoms with E-state index in [0.29, 0.717) is 0 Å². The zero-order chi connectivity index (χ0) is 14.8. The second-order valence-corrected chi connectivity index (χ2v) is 5.84. The number of aromatic nitrogens is 3. The third-order valence-electron chi connectivity index (χ3n) is 4.41. The van der Waals surface area contributed by atoms with Gasteiger partial charge in [0.05, 0.1) is 13.2 Å². The third-order valence-corrected chi connectivity index (χ3v) is 4.41. The molecule has 22 heavy (non-hydrogen) atoms. The lowest BCUT2D eigenvalue weighted by atomic mass is 9.95. The summed E-state index contributed by atoms with van der Waals surface area (Å²) in [6.07, 6.45) is 8.22. The van der Waals surface area contributed by atoms with Gasteiger partial charge in [-0.2, -0.15) is 0 Å². The van der Waals surface area contributed by atoms with Crippen molar-refractivity contribution in [1.29, 1.82) is 0 Å². The summed E-state index contributed by atoms with van der Waals surface area (Å²) in [5.74, 6) is 1.95. The maximum Gasteiger partial charge on any atom is 0.161 e. The van der Waals surface area contributed by atoms with Crippen LogP contribution in [0.5, 0.6) is 0 Å². The molecule has 0 saturated carbocycles. The first-order chi connectivity index (χ1) is 10.9. The van der Waals surface area contributed by atoms with E-state index in [4.69, 9.17) is 14.7 Å². The summed E-state index contributed by atoms with van der Waals surface area (Å²) in [7, 11) is 0. The fourth-order valence-corrected chi connectivity index (χ4v) is 3.24. The lowest BCUT2D eigenvalue weighted by Gasteiger charge is -2.31. The maximum atomic E-state index is 5.49. The monoisotopic (exact) mass is 296 g/mol. The summed E-state index contributed by atoms with van der Waals surface area (Å²) in [6.45, 7) is 3.39. The van der Waals surface area contributed by atoms with E-state index < -0.39 is 0 Å². The molecule has 2 aromatic rings. The minimum absolute atomic E-state index is 0.781. The number of hydrogen-bond acceptors (Lipinski definition) is 5. The van der Waals surface area contributed by atoms with Crippen molar-refractivity contribution in [2.75, 3.05) is 31.2 Å². The number of anilines is 1. The van der Waals surface area contributed by atoms with Crippen LogP contribution in [-0.2, 0) is 17.6 Å². The summed E-state index contributed by atoms with van der Waals surface area (Å²) in [5, 5.41) is 0. The van der Waals surface area contributed by atoms with E-state index in [2.05, 4.69) is 9.88 Å². The minimum Gasteiger partial charge on any atom is -0.378 e. The van der Waals surface area contributed by atoms with Gasteiger partial charge in [0, 0.05) is 42.3 Å². The Labute approximate surface area is 130 Å². The van der Waals surface area contributed by atoms with Crippen LogP contribution < -0.4 is 4.90 Å². The van der Waals surface area contributed by atoms with E-state index in [1.165, 1.54) is 24.1 Å². The quantitative estimate of drug-likeness (QED) is 0.851. The summed E-state index contributed by atoms with van der Waals surface area (Å²) in [4.78, 5) is 16.2. The van der Waals surface area contributed by atoms with E-state index in [1.807, 2.05) is 12.1 Å². The normalized spacial score (nSPS) is 18.1. The first-order valence-corrected chi connectivity index (χ1v) is 8.05. The van der Waals surface area contributed by atoms with Crippen molar-refractivity contribution in [2.45, 2.75) is 25.7 Å². The first-order valence-electron chi connectivity index (χ1n) is 8.05. The van der Waals surface area contributed by atoms with Crippen LogP contribution in [-0.4, -0.2) is 41.3 Å². The van der Waals surface area contributed by atoms with Crippen LogP contribution >= 0.6 is 0 Å². The highest BCUT2D eigenvalue weighted by molar-refractivity contribution is 5.60. The lowest BCUT2D eigenvalue weighted by Crippen LogP contribution is -2.38. The van der Waals surface area contributed by atoms with Crippen LogP contribution in [0.3, 0.4) is 0 Å². The second kappa shape index (κ2) is 6.01. The van der Waals surface area contributed by atoms with E-state index >= 15 is 0 Å². The molecule has 0 amide bonds. The summed E-state index contributed by atoms with van der Waals surface area (Å²) < 4.78 is 5.49. The molecule has 5 nitrogen and oxygen atoms in total. The van der Waals surface area contributed by atoms with Crippen LogP contribution in [0.4, 0.5) is 5.82 Å². The van der Waals surface area contributed by atoms with Gasteiger partial charge in [0.15, 0.2) is 5.82 Å². The van der Waals surface area contributed by atoms with Gasteiger partial charge in [-0.3, -0.25) is 4.98 Å². The molecule has 3 heterocycles. The zero-order valence-corrected chi connectivity index (χ0v) is 12.7. The van der Waals surface area contributed by atoms with Crippen LogP contribution in [0, 0.1) is 0 Å². The molecular weight excluding hydrogens is 276 g/mol. The Morgan fingerprint density at radius 3 is 2.55 bits per heavy atom. The molecule has 0 spiro atoms. The fraction of sp³-hybridized carbons (Fsp3) is 0.471. The molecular formula is C17H20N4O. The molecule has 114 valence electrons. The van der Waals surface area contributed by atoms with Gasteiger partial charge in [-0.05, 0) is 37.8 Å². The van der Waals surface area contributed by atoms with Crippen LogP contribution in [0.15, 0.2) is 24.5 Å². The molecule has 0 radical (unpaired) electrons. The minimum atomic E-state index is 0.781. The highest BCUT2D eigenvalue weighted by Gasteiger charge is 2.23. The Balaban J connectivity index is 1.80. The van der Waals surface area contributed by atoms with Gasteiger partial charge in [0.25, 0.3) is 0 Å². The average Bonchev–Trinajstić information content (AvgIpc) is 2.62. The van der Waals surface area contributed by atoms with E-state index in [1.54, 1.807) is 12.4 Å². The Morgan fingerprint density at radius 2 is 1.73 bits per heavy atom. The molecule has 1 saturated heterocycles. The molecule has 0 bridgehead atoms. The van der Waals surface area contributed by atoms with Gasteiger partial charge >= 0.3 is 0 Å². The van der Waals surface area contributed by atoms with Gasteiger partial charge in [0.2, 0.25) is 0 Å². The summed E-state index contributed by atoms with van der Waals surface area (Å²) in [6, 6.07) is 3.96. The van der Waals surface area contributed by atoms with Gasteiger partial charge in [-0.15, -0.1) is 0 Å². The third kappa shape index (κ3) is 2.57. The lowest BCUT2D eigenvalue weighted by molar-refractivity contribution is 0.122. The van der Waals surface area contributed by atoms with Crippen LogP contribution in [0.1, 0.15) is 24.1 Å². The van der Waals surface area contributed by atoms with Gasteiger partial charge < -0.3 is 9.64 Å². The number of ether oxygens (including phenoxy) is 1. The molecule has 4 rings (SSSR count). The van der Waals surface area contributed by atoms with Crippen molar-refractivity contribution >= 4 is 5.82 Å². The van der Waals surface area contributed by atoms with E-state index in [0.717, 1.165) is 56.4 Å². The molecule has 5 heteroatoms. The zero-order valence-electron chi connectivity index (χ0n) is 12.7. The largest absolute Gasteiger partial charge is 0.378 e. The van der Waals surface area contributed by atoms with Gasteiger partial charge in [-0.25, -0.2) is 9.97 Å². The standard InChI is InChI=1S/C17H20N4O/c1-2-4-15-14(3-1)17(21-9-11-22-12-10-21)20-16(19-15)13-5-7-18-8-6-13/h5-8H,1-4,9-12H2. The van der Waals surface area contributed by atoms with Crippen molar-refractivity contribution in [3.8, 4) is 11.4 Å². The van der Waals surface area contributed by atoms with Gasteiger partial charge in [0.1, 0.15) is 5.82 Å². The summed E-state index contributed by atoms with van der Waals surface area (Å²) >= 11 is 0. The van der Waals surface area contributed by atoms with Crippen molar-refractivity contribution < 1.29 is 4.74 Å². The van der Waals surface area contributed by atoms with Crippen molar-refractivity contribution in [1.82, 2.24) is 15.0 Å². The first kappa shape index (κ1) is 13.6. The molecule has 0 unspecified atom stereocenters.